The molecule has 1 saturated heterocycles. The molecule has 1 fully saturated rings. The van der Waals surface area contributed by atoms with E-state index in [0.717, 1.165) is 40.9 Å². The number of amides is 2. The molecule has 2 amide bonds. The molecule has 0 spiro atoms. The molecule has 196 valence electrons. The van der Waals surface area contributed by atoms with Crippen LogP contribution in [0.15, 0.2) is 81.0 Å². The Balaban J connectivity index is 1.41. The number of hydrogen-bond donors (Lipinski definition) is 0. The van der Waals surface area contributed by atoms with Crippen LogP contribution in [0.4, 0.5) is 10.5 Å². The Bertz CT molecular complexity index is 1540. The zero-order valence-corrected chi connectivity index (χ0v) is 23.1. The number of imide groups is 1. The van der Waals surface area contributed by atoms with E-state index in [2.05, 4.69) is 15.9 Å². The number of thioether (sulfide) groups is 1. The third-order valence-corrected chi connectivity index (χ3v) is 8.09. The second-order valence-electron chi connectivity index (χ2n) is 7.61. The number of rotatable bonds is 9. The number of ether oxygens (including phenoxy) is 1. The molecule has 1 heterocycles. The summed E-state index contributed by atoms with van der Waals surface area (Å²) in [7, 11) is -4.26. The minimum Gasteiger partial charge on any atom is -0.492 e. The molecule has 3 aromatic rings. The Kier molecular flexibility index (Phi) is 8.41. The lowest BCUT2D eigenvalue weighted by Crippen LogP contribution is -2.32. The average molecular weight is 640 g/mol. The molecule has 0 bridgehead atoms. The van der Waals surface area contributed by atoms with Crippen molar-refractivity contribution in [1.82, 2.24) is 4.90 Å². The van der Waals surface area contributed by atoms with Crippen LogP contribution in [0, 0.1) is 10.1 Å². The van der Waals surface area contributed by atoms with Crippen LogP contribution in [0.1, 0.15) is 5.56 Å². The monoisotopic (exact) mass is 638 g/mol. The quantitative estimate of drug-likeness (QED) is 0.122. The lowest BCUT2D eigenvalue weighted by molar-refractivity contribution is -0.384. The summed E-state index contributed by atoms with van der Waals surface area (Å²) in [6, 6.07) is 15.4. The number of carbonyl (C=O) groups is 2. The molecule has 1 aliphatic rings. The molecule has 0 radical (unpaired) electrons. The molecule has 0 saturated carbocycles. The van der Waals surface area contributed by atoms with Gasteiger partial charge in [0.05, 0.1) is 20.8 Å². The van der Waals surface area contributed by atoms with Crippen LogP contribution in [0.3, 0.4) is 0 Å². The predicted octanol–water partition coefficient (Wildman–Crippen LogP) is 5.89. The van der Waals surface area contributed by atoms with E-state index in [4.69, 9.17) is 20.5 Å². The van der Waals surface area contributed by atoms with Gasteiger partial charge in [-0.05, 0) is 87.9 Å². The number of benzene rings is 3. The van der Waals surface area contributed by atoms with E-state index in [1.54, 1.807) is 24.3 Å². The van der Waals surface area contributed by atoms with Crippen molar-refractivity contribution in [3.8, 4) is 11.5 Å². The summed E-state index contributed by atoms with van der Waals surface area (Å²) in [6.07, 6.45) is 1.50. The zero-order chi connectivity index (χ0) is 27.4. The number of halogens is 2. The molecular weight excluding hydrogens is 624 g/mol. The maximum atomic E-state index is 12.8. The molecule has 0 atom stereocenters. The molecule has 14 heteroatoms. The highest BCUT2D eigenvalue weighted by atomic mass is 79.9. The molecule has 38 heavy (non-hydrogen) atoms. The highest BCUT2D eigenvalue weighted by Gasteiger charge is 2.34. The Morgan fingerprint density at radius 2 is 1.74 bits per heavy atom. The number of hydrogen-bond acceptors (Lipinski definition) is 9. The first-order chi connectivity index (χ1) is 18.0. The third kappa shape index (κ3) is 6.54. The van der Waals surface area contributed by atoms with Crippen LogP contribution in [0.2, 0.25) is 5.02 Å². The molecule has 10 nitrogen and oxygen atoms in total. The van der Waals surface area contributed by atoms with Gasteiger partial charge in [0, 0.05) is 17.2 Å². The van der Waals surface area contributed by atoms with Crippen molar-refractivity contribution in [3.05, 3.63) is 96.8 Å². The molecule has 0 aromatic heterocycles. The van der Waals surface area contributed by atoms with Crippen molar-refractivity contribution in [3.63, 3.8) is 0 Å². The van der Waals surface area contributed by atoms with Gasteiger partial charge in [-0.15, -0.1) is 0 Å². The molecular formula is C24H16BrClN2O8S2. The lowest BCUT2D eigenvalue weighted by atomic mass is 10.2. The van der Waals surface area contributed by atoms with Gasteiger partial charge in [0.25, 0.3) is 16.8 Å². The predicted molar refractivity (Wildman–Crippen MR) is 145 cm³/mol. The van der Waals surface area contributed by atoms with Gasteiger partial charge >= 0.3 is 10.1 Å². The number of nitro benzene ring substituents is 1. The highest BCUT2D eigenvalue weighted by Crippen LogP contribution is 2.34. The van der Waals surface area contributed by atoms with Crippen LogP contribution in [-0.2, 0) is 14.9 Å². The fourth-order valence-corrected chi connectivity index (χ4v) is 5.73. The first-order valence-electron chi connectivity index (χ1n) is 10.7. The summed E-state index contributed by atoms with van der Waals surface area (Å²) < 4.78 is 36.1. The number of nitro groups is 1. The van der Waals surface area contributed by atoms with Gasteiger partial charge in [0.15, 0.2) is 5.75 Å². The van der Waals surface area contributed by atoms with Crippen LogP contribution < -0.4 is 8.92 Å². The summed E-state index contributed by atoms with van der Waals surface area (Å²) in [5, 5.41) is 10.9. The van der Waals surface area contributed by atoms with E-state index in [1.165, 1.54) is 24.3 Å². The number of nitrogens with zero attached hydrogens (tertiary/aromatic N) is 2. The summed E-state index contributed by atoms with van der Waals surface area (Å²) in [5.74, 6) is 0.0459. The van der Waals surface area contributed by atoms with Crippen molar-refractivity contribution in [2.75, 3.05) is 13.2 Å². The molecule has 0 N–H and O–H groups in total. The first-order valence-corrected chi connectivity index (χ1v) is 14.1. The molecule has 0 unspecified atom stereocenters. The highest BCUT2D eigenvalue weighted by molar-refractivity contribution is 9.10. The second-order valence-corrected chi connectivity index (χ2v) is 11.4. The summed E-state index contributed by atoms with van der Waals surface area (Å²) in [4.78, 5) is 36.3. The normalized spacial score (nSPS) is 14.7. The van der Waals surface area contributed by atoms with E-state index in [9.17, 15) is 28.1 Å². The van der Waals surface area contributed by atoms with Gasteiger partial charge in [0.2, 0.25) is 0 Å². The minimum absolute atomic E-state index is 0.0343. The smallest absolute Gasteiger partial charge is 0.339 e. The van der Waals surface area contributed by atoms with E-state index >= 15 is 0 Å². The molecule has 0 aliphatic carbocycles. The van der Waals surface area contributed by atoms with Crippen molar-refractivity contribution in [2.45, 2.75) is 4.90 Å². The van der Waals surface area contributed by atoms with Crippen LogP contribution >= 0.6 is 39.3 Å². The van der Waals surface area contributed by atoms with Gasteiger partial charge < -0.3 is 8.92 Å². The topological polar surface area (TPSA) is 133 Å². The van der Waals surface area contributed by atoms with Crippen molar-refractivity contribution in [1.29, 1.82) is 0 Å². The van der Waals surface area contributed by atoms with E-state index in [-0.39, 0.29) is 38.9 Å². The number of carbonyl (C=O) groups excluding carboxylic acids is 2. The Morgan fingerprint density at radius 1 is 1.05 bits per heavy atom. The second kappa shape index (κ2) is 11.6. The van der Waals surface area contributed by atoms with E-state index < -0.39 is 26.2 Å². The third-order valence-electron chi connectivity index (χ3n) is 5.06. The minimum atomic E-state index is -4.26. The SMILES string of the molecule is O=C1S/C(=C\c2ccc(OS(=O)(=O)c3ccc([N+](=O)[O-])cc3)c(Br)c2)C(=O)N1CCOc1ccc(Cl)cc1. The van der Waals surface area contributed by atoms with Gasteiger partial charge in [-0.2, -0.15) is 8.42 Å². The van der Waals surface area contributed by atoms with E-state index in [0.29, 0.717) is 16.3 Å². The molecule has 4 rings (SSSR count). The Morgan fingerprint density at radius 3 is 2.37 bits per heavy atom. The summed E-state index contributed by atoms with van der Waals surface area (Å²) in [6.45, 7) is 0.162. The van der Waals surface area contributed by atoms with Crippen molar-refractivity contribution in [2.24, 2.45) is 0 Å². The number of non-ortho nitro benzene ring substituents is 1. The summed E-state index contributed by atoms with van der Waals surface area (Å²) in [5.41, 5.74) is 0.257. The van der Waals surface area contributed by atoms with Gasteiger partial charge in [0.1, 0.15) is 17.3 Å². The van der Waals surface area contributed by atoms with Gasteiger partial charge in [-0.1, -0.05) is 17.7 Å². The zero-order valence-electron chi connectivity index (χ0n) is 19.1. The van der Waals surface area contributed by atoms with Crippen LogP contribution in [-0.4, -0.2) is 42.5 Å². The maximum absolute atomic E-state index is 12.8. The molecule has 1 aliphatic heterocycles. The van der Waals surface area contributed by atoms with Gasteiger partial charge in [-0.25, -0.2) is 0 Å². The molecule has 3 aromatic carbocycles. The summed E-state index contributed by atoms with van der Waals surface area (Å²) >= 11 is 9.87. The van der Waals surface area contributed by atoms with Gasteiger partial charge in [-0.3, -0.25) is 24.6 Å². The fraction of sp³-hybridized carbons (Fsp3) is 0.0833. The van der Waals surface area contributed by atoms with Crippen LogP contribution in [0.25, 0.3) is 6.08 Å². The Labute approximate surface area is 234 Å². The maximum Gasteiger partial charge on any atom is 0.339 e. The fourth-order valence-electron chi connectivity index (χ4n) is 3.21. The standard InChI is InChI=1S/C24H16BrClN2O8S2/c25-20-13-15(1-10-21(20)36-38(33,34)19-8-4-17(5-9-19)28(31)32)14-22-23(29)27(24(30)37-22)11-12-35-18-6-2-16(26)3-7-18/h1-10,13-14H,11-12H2/b22-14-. The van der Waals surface area contributed by atoms with Crippen molar-refractivity contribution < 1.29 is 31.9 Å². The van der Waals surface area contributed by atoms with Crippen molar-refractivity contribution >= 4 is 72.3 Å². The largest absolute Gasteiger partial charge is 0.492 e. The van der Waals surface area contributed by atoms with E-state index in [1.807, 2.05) is 0 Å². The van der Waals surface area contributed by atoms with Crippen LogP contribution in [0.5, 0.6) is 11.5 Å². The Hall–Kier alpha value is -3.39. The average Bonchev–Trinajstić information content (AvgIpc) is 3.14. The lowest BCUT2D eigenvalue weighted by Gasteiger charge is -2.13. The first kappa shape index (κ1) is 27.6.